The summed E-state index contributed by atoms with van der Waals surface area (Å²) < 4.78 is 11.9. The summed E-state index contributed by atoms with van der Waals surface area (Å²) in [4.78, 5) is 12.6. The lowest BCUT2D eigenvalue weighted by Crippen LogP contribution is -2.01. The second-order valence-corrected chi connectivity index (χ2v) is 5.67. The van der Waals surface area contributed by atoms with E-state index in [0.29, 0.717) is 16.9 Å². The van der Waals surface area contributed by atoms with E-state index in [4.69, 9.17) is 9.15 Å². The first-order chi connectivity index (χ1) is 10.1. The van der Waals surface area contributed by atoms with Crippen molar-refractivity contribution in [2.45, 2.75) is 6.92 Å². The Hall–Kier alpha value is -2.07. The summed E-state index contributed by atoms with van der Waals surface area (Å²) in [6.07, 6.45) is 0. The van der Waals surface area contributed by atoms with Crippen LogP contribution in [0.5, 0.6) is 5.75 Å². The number of aryl methyl sites for hydroxylation is 1. The summed E-state index contributed by atoms with van der Waals surface area (Å²) in [6.45, 7) is 1.89. The highest BCUT2D eigenvalue weighted by molar-refractivity contribution is 9.10. The van der Waals surface area contributed by atoms with Crippen LogP contribution in [-0.4, -0.2) is 12.9 Å². The van der Waals surface area contributed by atoms with E-state index in [2.05, 4.69) is 15.9 Å². The van der Waals surface area contributed by atoms with Gasteiger partial charge in [0, 0.05) is 21.0 Å². The molecule has 1 aromatic heterocycles. The predicted octanol–water partition coefficient (Wildman–Crippen LogP) is 4.74. The number of rotatable bonds is 3. The lowest BCUT2D eigenvalue weighted by Gasteiger charge is -1.99. The van der Waals surface area contributed by atoms with Crippen molar-refractivity contribution in [3.8, 4) is 5.75 Å². The molecule has 0 amide bonds. The molecular formula is C17H13BrO3. The Morgan fingerprint density at radius 3 is 2.52 bits per heavy atom. The number of benzene rings is 2. The normalized spacial score (nSPS) is 10.8. The van der Waals surface area contributed by atoms with Gasteiger partial charge in [0.05, 0.1) is 7.11 Å². The zero-order valence-electron chi connectivity index (χ0n) is 11.6. The van der Waals surface area contributed by atoms with Gasteiger partial charge in [0.1, 0.15) is 11.3 Å². The molecule has 0 aliphatic rings. The zero-order valence-corrected chi connectivity index (χ0v) is 13.2. The molecule has 0 bridgehead atoms. The van der Waals surface area contributed by atoms with Crippen LogP contribution >= 0.6 is 15.9 Å². The molecule has 3 rings (SSSR count). The summed E-state index contributed by atoms with van der Waals surface area (Å²) in [5.74, 6) is 1.00. The van der Waals surface area contributed by atoms with E-state index in [1.165, 1.54) is 0 Å². The van der Waals surface area contributed by atoms with Crippen LogP contribution in [0.3, 0.4) is 0 Å². The summed E-state index contributed by atoms with van der Waals surface area (Å²) >= 11 is 3.36. The molecule has 0 N–H and O–H groups in total. The second kappa shape index (κ2) is 5.37. The number of carbonyl (C=O) groups is 1. The van der Waals surface area contributed by atoms with Crippen molar-refractivity contribution >= 4 is 32.7 Å². The third-order valence-electron chi connectivity index (χ3n) is 3.46. The Morgan fingerprint density at radius 2 is 1.86 bits per heavy atom. The maximum absolute atomic E-state index is 12.6. The molecule has 0 aliphatic heterocycles. The Kier molecular flexibility index (Phi) is 3.55. The third-order valence-corrected chi connectivity index (χ3v) is 3.98. The minimum atomic E-state index is -0.116. The van der Waals surface area contributed by atoms with Gasteiger partial charge in [-0.2, -0.15) is 0 Å². The fourth-order valence-electron chi connectivity index (χ4n) is 2.28. The molecule has 3 nitrogen and oxygen atoms in total. The van der Waals surface area contributed by atoms with Crippen molar-refractivity contribution in [1.29, 1.82) is 0 Å². The first-order valence-corrected chi connectivity index (χ1v) is 7.27. The molecule has 0 fully saturated rings. The highest BCUT2D eigenvalue weighted by Crippen LogP contribution is 2.30. The molecule has 0 atom stereocenters. The minimum Gasteiger partial charge on any atom is -0.497 e. The van der Waals surface area contributed by atoms with Crippen molar-refractivity contribution in [3.05, 3.63) is 63.8 Å². The van der Waals surface area contributed by atoms with Crippen molar-refractivity contribution in [2.24, 2.45) is 0 Å². The average Bonchev–Trinajstić information content (AvgIpc) is 2.84. The zero-order chi connectivity index (χ0) is 15.0. The number of halogens is 1. The Labute approximate surface area is 130 Å². The third kappa shape index (κ3) is 2.47. The van der Waals surface area contributed by atoms with Crippen LogP contribution in [0.2, 0.25) is 0 Å². The van der Waals surface area contributed by atoms with Gasteiger partial charge in [-0.05, 0) is 49.4 Å². The van der Waals surface area contributed by atoms with E-state index in [9.17, 15) is 4.79 Å². The number of methoxy groups -OCH3 is 1. The predicted molar refractivity (Wildman–Crippen MR) is 85.1 cm³/mol. The number of furan rings is 1. The summed E-state index contributed by atoms with van der Waals surface area (Å²) in [7, 11) is 1.62. The standard InChI is InChI=1S/C17H13BrO3/c1-10-14-9-13(20-2)7-8-15(14)21-17(10)16(19)11-3-5-12(18)6-4-11/h3-9H,1-2H3. The first kappa shape index (κ1) is 13.9. The van der Waals surface area contributed by atoms with Crippen LogP contribution in [0, 0.1) is 6.92 Å². The lowest BCUT2D eigenvalue weighted by atomic mass is 10.0. The van der Waals surface area contributed by atoms with Crippen LogP contribution in [0.1, 0.15) is 21.7 Å². The molecule has 106 valence electrons. The smallest absolute Gasteiger partial charge is 0.228 e. The molecule has 3 aromatic rings. The van der Waals surface area contributed by atoms with Gasteiger partial charge in [-0.25, -0.2) is 0 Å². The van der Waals surface area contributed by atoms with Gasteiger partial charge in [0.25, 0.3) is 0 Å². The Balaban J connectivity index is 2.09. The summed E-state index contributed by atoms with van der Waals surface area (Å²) in [6, 6.07) is 12.8. The number of ketones is 1. The molecule has 1 heterocycles. The summed E-state index contributed by atoms with van der Waals surface area (Å²) in [5.41, 5.74) is 2.12. The van der Waals surface area contributed by atoms with Gasteiger partial charge in [-0.3, -0.25) is 4.79 Å². The molecule has 2 aromatic carbocycles. The van der Waals surface area contributed by atoms with Crippen LogP contribution in [-0.2, 0) is 0 Å². The van der Waals surface area contributed by atoms with Crippen molar-refractivity contribution in [2.75, 3.05) is 7.11 Å². The van der Waals surface area contributed by atoms with Crippen molar-refractivity contribution in [3.63, 3.8) is 0 Å². The van der Waals surface area contributed by atoms with Gasteiger partial charge in [-0.15, -0.1) is 0 Å². The number of carbonyl (C=O) groups excluding carboxylic acids is 1. The summed E-state index contributed by atoms with van der Waals surface area (Å²) in [5, 5.41) is 0.898. The first-order valence-electron chi connectivity index (χ1n) is 6.47. The maximum Gasteiger partial charge on any atom is 0.228 e. The van der Waals surface area contributed by atoms with Gasteiger partial charge < -0.3 is 9.15 Å². The number of hydrogen-bond donors (Lipinski definition) is 0. The fraction of sp³-hybridized carbons (Fsp3) is 0.118. The quantitative estimate of drug-likeness (QED) is 0.644. The molecule has 21 heavy (non-hydrogen) atoms. The topological polar surface area (TPSA) is 39.4 Å². The monoisotopic (exact) mass is 344 g/mol. The molecule has 0 saturated heterocycles. The van der Waals surface area contributed by atoms with E-state index < -0.39 is 0 Å². The molecule has 0 spiro atoms. The molecule has 0 saturated carbocycles. The van der Waals surface area contributed by atoms with Crippen LogP contribution in [0.4, 0.5) is 0 Å². The second-order valence-electron chi connectivity index (χ2n) is 4.75. The number of ether oxygens (including phenoxy) is 1. The van der Waals surface area contributed by atoms with Gasteiger partial charge in [0.2, 0.25) is 5.78 Å². The van der Waals surface area contributed by atoms with Crippen molar-refractivity contribution < 1.29 is 13.9 Å². The van der Waals surface area contributed by atoms with Gasteiger partial charge >= 0.3 is 0 Å². The van der Waals surface area contributed by atoms with E-state index in [1.807, 2.05) is 37.3 Å². The Morgan fingerprint density at radius 1 is 1.14 bits per heavy atom. The minimum absolute atomic E-state index is 0.116. The van der Waals surface area contributed by atoms with Gasteiger partial charge in [-0.1, -0.05) is 15.9 Å². The average molecular weight is 345 g/mol. The number of fused-ring (bicyclic) bond motifs is 1. The van der Waals surface area contributed by atoms with E-state index in [1.54, 1.807) is 19.2 Å². The van der Waals surface area contributed by atoms with Crippen LogP contribution in [0.15, 0.2) is 51.4 Å². The maximum atomic E-state index is 12.6. The molecule has 0 aliphatic carbocycles. The van der Waals surface area contributed by atoms with Gasteiger partial charge in [0.15, 0.2) is 5.76 Å². The molecular weight excluding hydrogens is 332 g/mol. The highest BCUT2D eigenvalue weighted by atomic mass is 79.9. The molecule has 0 radical (unpaired) electrons. The Bertz CT molecular complexity index is 816. The van der Waals surface area contributed by atoms with E-state index >= 15 is 0 Å². The molecule has 4 heteroatoms. The fourth-order valence-corrected chi connectivity index (χ4v) is 2.54. The van der Waals surface area contributed by atoms with Crippen LogP contribution < -0.4 is 4.74 Å². The molecule has 0 unspecified atom stereocenters. The van der Waals surface area contributed by atoms with E-state index in [-0.39, 0.29) is 5.78 Å². The van der Waals surface area contributed by atoms with Crippen molar-refractivity contribution in [1.82, 2.24) is 0 Å². The largest absolute Gasteiger partial charge is 0.497 e. The highest BCUT2D eigenvalue weighted by Gasteiger charge is 2.19. The SMILES string of the molecule is COc1ccc2oc(C(=O)c3ccc(Br)cc3)c(C)c2c1. The van der Waals surface area contributed by atoms with Crippen LogP contribution in [0.25, 0.3) is 11.0 Å². The van der Waals surface area contributed by atoms with E-state index in [0.717, 1.165) is 21.2 Å². The lowest BCUT2D eigenvalue weighted by molar-refractivity contribution is 0.101. The number of hydrogen-bond acceptors (Lipinski definition) is 3.